The van der Waals surface area contributed by atoms with E-state index in [1.54, 1.807) is 0 Å². The third kappa shape index (κ3) is 3.63. The smallest absolute Gasteiger partial charge is 0.430 e. The van der Waals surface area contributed by atoms with Crippen molar-refractivity contribution in [2.75, 3.05) is 6.61 Å². The van der Waals surface area contributed by atoms with Crippen molar-refractivity contribution in [1.82, 2.24) is 0 Å². The molecule has 3 nitrogen and oxygen atoms in total. The van der Waals surface area contributed by atoms with Crippen LogP contribution in [-0.2, 0) is 9.53 Å². The molecule has 0 aromatic heterocycles. The van der Waals surface area contributed by atoms with Crippen LogP contribution in [0.4, 0.5) is 13.2 Å². The van der Waals surface area contributed by atoms with Gasteiger partial charge in [0.05, 0.1) is 12.2 Å². The first-order chi connectivity index (χ1) is 10.6. The zero-order valence-electron chi connectivity index (χ0n) is 12.8. The molecule has 0 saturated heterocycles. The quantitative estimate of drug-likeness (QED) is 0.740. The Hall–Kier alpha value is -1.69. The predicted octanol–water partition coefficient (Wildman–Crippen LogP) is 4.73. The summed E-state index contributed by atoms with van der Waals surface area (Å²) in [6.45, 7) is 5.24. The van der Waals surface area contributed by atoms with Gasteiger partial charge >= 0.3 is 12.1 Å². The molecule has 0 bridgehead atoms. The van der Waals surface area contributed by atoms with Gasteiger partial charge < -0.3 is 9.47 Å². The number of hydrogen-bond acceptors (Lipinski definition) is 3. The third-order valence-corrected chi connectivity index (χ3v) is 3.73. The number of esters is 1. The van der Waals surface area contributed by atoms with Crippen LogP contribution in [0.5, 0.6) is 5.75 Å². The summed E-state index contributed by atoms with van der Waals surface area (Å²) in [5, 5.41) is 0.410. The second-order valence-electron chi connectivity index (χ2n) is 5.43. The maximum absolute atomic E-state index is 13.2. The molecule has 1 aliphatic rings. The van der Waals surface area contributed by atoms with Crippen molar-refractivity contribution in [3.63, 3.8) is 0 Å². The maximum Gasteiger partial charge on any atom is 0.430 e. The highest BCUT2D eigenvalue weighted by Crippen LogP contribution is 2.40. The lowest BCUT2D eigenvalue weighted by atomic mass is 9.96. The Morgan fingerprint density at radius 1 is 1.39 bits per heavy atom. The molecular weight excluding hydrogens is 333 g/mol. The number of carbonyl (C=O) groups excluding carboxylic acids is 1. The Kier molecular flexibility index (Phi) is 4.94. The molecule has 0 spiro atoms. The number of rotatable bonds is 3. The van der Waals surface area contributed by atoms with E-state index in [0.29, 0.717) is 16.1 Å². The Labute approximate surface area is 137 Å². The topological polar surface area (TPSA) is 35.5 Å². The number of fused-ring (bicyclic) bond motifs is 1. The average molecular weight is 349 g/mol. The second kappa shape index (κ2) is 6.43. The molecule has 0 aliphatic carbocycles. The summed E-state index contributed by atoms with van der Waals surface area (Å²) >= 11 is 6.15. The van der Waals surface area contributed by atoms with E-state index in [9.17, 15) is 18.0 Å². The van der Waals surface area contributed by atoms with E-state index in [1.807, 2.05) is 13.8 Å². The molecule has 1 atom stereocenters. The zero-order chi connectivity index (χ0) is 17.4. The molecule has 0 amide bonds. The molecule has 1 aliphatic heterocycles. The molecule has 0 radical (unpaired) electrons. The fourth-order valence-electron chi connectivity index (χ4n) is 2.30. The normalized spacial score (nSPS) is 17.4. The Morgan fingerprint density at radius 3 is 2.57 bits per heavy atom. The van der Waals surface area contributed by atoms with E-state index in [2.05, 4.69) is 0 Å². The fourth-order valence-corrected chi connectivity index (χ4v) is 2.69. The zero-order valence-corrected chi connectivity index (χ0v) is 13.6. The van der Waals surface area contributed by atoms with Crippen molar-refractivity contribution in [3.8, 4) is 5.75 Å². The summed E-state index contributed by atoms with van der Waals surface area (Å²) in [5.74, 6) is -0.978. The Morgan fingerprint density at radius 2 is 2.04 bits per heavy atom. The van der Waals surface area contributed by atoms with Crippen LogP contribution in [0.15, 0.2) is 17.7 Å². The molecule has 7 heteroatoms. The van der Waals surface area contributed by atoms with Gasteiger partial charge in [-0.2, -0.15) is 13.2 Å². The van der Waals surface area contributed by atoms with Gasteiger partial charge in [-0.15, -0.1) is 0 Å². The predicted molar refractivity (Wildman–Crippen MR) is 80.6 cm³/mol. The molecule has 1 aromatic carbocycles. The maximum atomic E-state index is 13.2. The second-order valence-corrected chi connectivity index (χ2v) is 5.83. The molecule has 1 aromatic rings. The minimum Gasteiger partial charge on any atom is -0.475 e. The lowest BCUT2D eigenvalue weighted by Crippen LogP contribution is -2.40. The highest BCUT2D eigenvalue weighted by atomic mass is 35.5. The number of hydrogen-bond donors (Lipinski definition) is 0. The number of halogens is 4. The molecule has 0 saturated carbocycles. The first-order valence-electron chi connectivity index (χ1n) is 7.10. The number of ether oxygens (including phenoxy) is 2. The summed E-state index contributed by atoms with van der Waals surface area (Å²) in [6.07, 6.45) is -5.95. The van der Waals surface area contributed by atoms with Crippen LogP contribution in [0, 0.1) is 0 Å². The monoisotopic (exact) mass is 348 g/mol. The summed E-state index contributed by atoms with van der Waals surface area (Å²) in [4.78, 5) is 11.8. The van der Waals surface area contributed by atoms with E-state index in [4.69, 9.17) is 21.1 Å². The largest absolute Gasteiger partial charge is 0.475 e. The van der Waals surface area contributed by atoms with Crippen LogP contribution >= 0.6 is 11.6 Å². The van der Waals surface area contributed by atoms with Crippen LogP contribution in [-0.4, -0.2) is 24.9 Å². The number of benzene rings is 1. The minimum absolute atomic E-state index is 0.0242. The van der Waals surface area contributed by atoms with Crippen LogP contribution in [0.25, 0.3) is 6.08 Å². The Bertz CT molecular complexity index is 651. The van der Waals surface area contributed by atoms with Crippen LogP contribution in [0.3, 0.4) is 0 Å². The van der Waals surface area contributed by atoms with E-state index in [-0.39, 0.29) is 18.3 Å². The van der Waals surface area contributed by atoms with Crippen molar-refractivity contribution in [1.29, 1.82) is 0 Å². The summed E-state index contributed by atoms with van der Waals surface area (Å²) in [7, 11) is 0. The van der Waals surface area contributed by atoms with Crippen LogP contribution in [0.2, 0.25) is 5.02 Å². The van der Waals surface area contributed by atoms with Gasteiger partial charge in [-0.05, 0) is 36.6 Å². The highest BCUT2D eigenvalue weighted by Gasteiger charge is 2.48. The molecular formula is C16H16ClF3O3. The summed E-state index contributed by atoms with van der Waals surface area (Å²) in [5.41, 5.74) is 0.419. The first kappa shape index (κ1) is 17.7. The molecule has 0 fully saturated rings. The number of alkyl halides is 3. The molecule has 2 rings (SSSR count). The van der Waals surface area contributed by atoms with E-state index >= 15 is 0 Å². The molecule has 23 heavy (non-hydrogen) atoms. The standard InChI is InChI=1S/C16H16ClF3O3/c1-4-22-15(21)11-5-9-6-12(17)10(8(2)3)7-13(9)23-14(11)16(18,19)20/h5-8,14H,4H2,1-3H3. The summed E-state index contributed by atoms with van der Waals surface area (Å²) < 4.78 is 49.4. The molecule has 0 N–H and O–H groups in total. The molecule has 1 heterocycles. The molecule has 1 unspecified atom stereocenters. The van der Waals surface area contributed by atoms with Gasteiger partial charge in [-0.1, -0.05) is 25.4 Å². The lowest BCUT2D eigenvalue weighted by molar-refractivity contribution is -0.187. The van der Waals surface area contributed by atoms with Gasteiger partial charge in [0.2, 0.25) is 6.10 Å². The van der Waals surface area contributed by atoms with E-state index < -0.39 is 23.8 Å². The van der Waals surface area contributed by atoms with Crippen LogP contribution in [0.1, 0.15) is 37.8 Å². The van der Waals surface area contributed by atoms with Crippen molar-refractivity contribution >= 4 is 23.6 Å². The van der Waals surface area contributed by atoms with Gasteiger partial charge in [-0.25, -0.2) is 4.79 Å². The van der Waals surface area contributed by atoms with E-state index in [1.165, 1.54) is 19.1 Å². The van der Waals surface area contributed by atoms with Crippen molar-refractivity contribution < 1.29 is 27.4 Å². The van der Waals surface area contributed by atoms with E-state index in [0.717, 1.165) is 6.08 Å². The third-order valence-electron chi connectivity index (χ3n) is 3.40. The minimum atomic E-state index is -4.73. The van der Waals surface area contributed by atoms with Gasteiger partial charge in [0, 0.05) is 10.6 Å². The first-order valence-corrected chi connectivity index (χ1v) is 7.48. The van der Waals surface area contributed by atoms with Gasteiger partial charge in [0.25, 0.3) is 0 Å². The Balaban J connectivity index is 2.55. The van der Waals surface area contributed by atoms with Crippen LogP contribution < -0.4 is 4.74 Å². The van der Waals surface area contributed by atoms with Gasteiger partial charge in [0.15, 0.2) is 0 Å². The average Bonchev–Trinajstić information content (AvgIpc) is 2.44. The highest BCUT2D eigenvalue weighted by molar-refractivity contribution is 6.31. The van der Waals surface area contributed by atoms with Gasteiger partial charge in [0.1, 0.15) is 5.75 Å². The van der Waals surface area contributed by atoms with Gasteiger partial charge in [-0.3, -0.25) is 0 Å². The molecule has 126 valence electrons. The van der Waals surface area contributed by atoms with Crippen molar-refractivity contribution in [2.24, 2.45) is 0 Å². The van der Waals surface area contributed by atoms with Crippen molar-refractivity contribution in [2.45, 2.75) is 39.0 Å². The SMILES string of the molecule is CCOC(=O)C1=Cc2cc(Cl)c(C(C)C)cc2OC1C(F)(F)F. The summed E-state index contributed by atoms with van der Waals surface area (Å²) in [6, 6.07) is 2.98. The fraction of sp³-hybridized carbons (Fsp3) is 0.438. The lowest BCUT2D eigenvalue weighted by Gasteiger charge is -2.28. The van der Waals surface area contributed by atoms with Crippen molar-refractivity contribution in [3.05, 3.63) is 33.9 Å². The number of carbonyl (C=O) groups is 1.